The minimum absolute atomic E-state index is 0.267. The summed E-state index contributed by atoms with van der Waals surface area (Å²) in [4.78, 5) is 20.1. The molecule has 6 heteroatoms. The summed E-state index contributed by atoms with van der Waals surface area (Å²) in [5.74, 6) is 0.888. The summed E-state index contributed by atoms with van der Waals surface area (Å²) in [5.41, 5.74) is 1.11. The summed E-state index contributed by atoms with van der Waals surface area (Å²) in [7, 11) is 0. The topological polar surface area (TPSA) is 76.1 Å². The van der Waals surface area contributed by atoms with Crippen LogP contribution in [0.2, 0.25) is 0 Å². The van der Waals surface area contributed by atoms with Crippen LogP contribution in [0.3, 0.4) is 0 Å². The molecule has 22 heavy (non-hydrogen) atoms. The Morgan fingerprint density at radius 1 is 1.32 bits per heavy atom. The molecule has 1 aromatic heterocycles. The molecule has 2 N–H and O–H groups in total. The van der Waals surface area contributed by atoms with E-state index in [1.54, 1.807) is 12.1 Å². The molecule has 0 bridgehead atoms. The van der Waals surface area contributed by atoms with E-state index >= 15 is 0 Å². The molecule has 2 aromatic rings. The Balaban J connectivity index is 2.06. The van der Waals surface area contributed by atoms with Crippen LogP contribution in [0.4, 0.5) is 11.6 Å². The number of carbonyl (C=O) groups excluding carboxylic acids is 1. The average Bonchev–Trinajstić information content (AvgIpc) is 2.55. The summed E-state index contributed by atoms with van der Waals surface area (Å²) >= 11 is 0. The summed E-state index contributed by atoms with van der Waals surface area (Å²) in [6.07, 6.45) is 3.14. The highest BCUT2D eigenvalue weighted by Crippen LogP contribution is 2.18. The molecule has 0 saturated carbocycles. The van der Waals surface area contributed by atoms with E-state index in [1.807, 2.05) is 31.2 Å². The van der Waals surface area contributed by atoms with Crippen LogP contribution in [-0.2, 0) is 0 Å². The molecular weight excluding hydrogens is 280 g/mol. The fourth-order valence-electron chi connectivity index (χ4n) is 1.73. The van der Waals surface area contributed by atoms with Crippen LogP contribution in [0.5, 0.6) is 5.75 Å². The number of nitrogens with one attached hydrogen (secondary N) is 2. The van der Waals surface area contributed by atoms with Gasteiger partial charge in [0.15, 0.2) is 0 Å². The molecule has 0 unspecified atom stereocenters. The van der Waals surface area contributed by atoms with Gasteiger partial charge in [0.1, 0.15) is 11.4 Å². The molecule has 0 aliphatic heterocycles. The molecule has 0 radical (unpaired) electrons. The van der Waals surface area contributed by atoms with E-state index in [1.165, 1.54) is 6.20 Å². The second kappa shape index (κ2) is 7.78. The highest BCUT2D eigenvalue weighted by atomic mass is 16.5. The lowest BCUT2D eigenvalue weighted by Crippen LogP contribution is -2.24. The lowest BCUT2D eigenvalue weighted by atomic mass is 10.3. The van der Waals surface area contributed by atoms with E-state index in [4.69, 9.17) is 4.74 Å². The zero-order valence-electron chi connectivity index (χ0n) is 12.4. The summed E-state index contributed by atoms with van der Waals surface area (Å²) in [5, 5.41) is 5.72. The van der Waals surface area contributed by atoms with Gasteiger partial charge in [-0.1, -0.05) is 6.08 Å². The SMILES string of the molecule is C=CCNC(=O)c1ccnc(Nc2ccc(OCC)cc2)n1. The Morgan fingerprint density at radius 2 is 2.09 bits per heavy atom. The quantitative estimate of drug-likeness (QED) is 0.768. The van der Waals surface area contributed by atoms with Crippen molar-refractivity contribution in [2.75, 3.05) is 18.5 Å². The predicted molar refractivity (Wildman–Crippen MR) is 85.5 cm³/mol. The fraction of sp³-hybridized carbons (Fsp3) is 0.188. The van der Waals surface area contributed by atoms with E-state index in [0.717, 1.165) is 11.4 Å². The molecular formula is C16H18N4O2. The van der Waals surface area contributed by atoms with Crippen molar-refractivity contribution in [1.29, 1.82) is 0 Å². The Kier molecular flexibility index (Phi) is 5.48. The van der Waals surface area contributed by atoms with E-state index in [2.05, 4.69) is 27.2 Å². The third-order valence-electron chi connectivity index (χ3n) is 2.72. The minimum Gasteiger partial charge on any atom is -0.494 e. The van der Waals surface area contributed by atoms with Crippen LogP contribution in [0.1, 0.15) is 17.4 Å². The van der Waals surface area contributed by atoms with E-state index in [0.29, 0.717) is 24.8 Å². The second-order valence-corrected chi connectivity index (χ2v) is 4.35. The Morgan fingerprint density at radius 3 is 2.77 bits per heavy atom. The number of nitrogens with zero attached hydrogens (tertiary/aromatic N) is 2. The van der Waals surface area contributed by atoms with Gasteiger partial charge in [-0.15, -0.1) is 6.58 Å². The van der Waals surface area contributed by atoms with Crippen molar-refractivity contribution in [3.63, 3.8) is 0 Å². The normalized spacial score (nSPS) is 9.86. The van der Waals surface area contributed by atoms with Crippen LogP contribution in [0.25, 0.3) is 0 Å². The van der Waals surface area contributed by atoms with Crippen LogP contribution >= 0.6 is 0 Å². The number of anilines is 2. The number of ether oxygens (including phenoxy) is 1. The van der Waals surface area contributed by atoms with Crippen LogP contribution in [0, 0.1) is 0 Å². The maximum Gasteiger partial charge on any atom is 0.270 e. The monoisotopic (exact) mass is 298 g/mol. The van der Waals surface area contributed by atoms with Gasteiger partial charge in [0.2, 0.25) is 5.95 Å². The largest absolute Gasteiger partial charge is 0.494 e. The summed E-state index contributed by atoms with van der Waals surface area (Å²) in [6.45, 7) is 6.50. The molecule has 0 spiro atoms. The van der Waals surface area contributed by atoms with Gasteiger partial charge in [-0.25, -0.2) is 9.97 Å². The molecule has 0 atom stereocenters. The van der Waals surface area contributed by atoms with Crippen LogP contribution in [0.15, 0.2) is 49.2 Å². The Labute approximate surface area is 129 Å². The van der Waals surface area contributed by atoms with Crippen molar-refractivity contribution in [3.05, 3.63) is 54.9 Å². The van der Waals surface area contributed by atoms with Crippen LogP contribution in [-0.4, -0.2) is 29.0 Å². The van der Waals surface area contributed by atoms with Gasteiger partial charge in [0.25, 0.3) is 5.91 Å². The van der Waals surface area contributed by atoms with Crippen molar-refractivity contribution < 1.29 is 9.53 Å². The molecule has 0 aliphatic carbocycles. The lowest BCUT2D eigenvalue weighted by molar-refractivity contribution is 0.0953. The molecule has 1 heterocycles. The first-order valence-electron chi connectivity index (χ1n) is 6.95. The smallest absolute Gasteiger partial charge is 0.270 e. The molecule has 2 rings (SSSR count). The lowest BCUT2D eigenvalue weighted by Gasteiger charge is -2.08. The van der Waals surface area contributed by atoms with Crippen molar-refractivity contribution in [2.24, 2.45) is 0 Å². The van der Waals surface area contributed by atoms with Crippen molar-refractivity contribution in [2.45, 2.75) is 6.92 Å². The summed E-state index contributed by atoms with van der Waals surface area (Å²) in [6, 6.07) is 8.98. The van der Waals surface area contributed by atoms with Gasteiger partial charge in [-0.05, 0) is 37.3 Å². The first-order chi connectivity index (χ1) is 10.7. The molecule has 1 aromatic carbocycles. The zero-order chi connectivity index (χ0) is 15.8. The maximum atomic E-state index is 11.8. The first kappa shape index (κ1) is 15.5. The number of benzene rings is 1. The average molecular weight is 298 g/mol. The van der Waals surface area contributed by atoms with Gasteiger partial charge >= 0.3 is 0 Å². The number of carbonyl (C=O) groups is 1. The van der Waals surface area contributed by atoms with Crippen LogP contribution < -0.4 is 15.4 Å². The molecule has 1 amide bonds. The predicted octanol–water partition coefficient (Wildman–Crippen LogP) is 2.53. The third-order valence-corrected chi connectivity index (χ3v) is 2.72. The standard InChI is InChI=1S/C16H18N4O2/c1-3-10-17-15(21)14-9-11-18-16(20-14)19-12-5-7-13(8-6-12)22-4-2/h3,5-9,11H,1,4,10H2,2H3,(H,17,21)(H,18,19,20). The van der Waals surface area contributed by atoms with Gasteiger partial charge in [0, 0.05) is 18.4 Å². The van der Waals surface area contributed by atoms with Gasteiger partial charge in [0.05, 0.1) is 6.61 Å². The number of rotatable bonds is 7. The zero-order valence-corrected chi connectivity index (χ0v) is 12.4. The van der Waals surface area contributed by atoms with E-state index in [-0.39, 0.29) is 5.91 Å². The van der Waals surface area contributed by atoms with Crippen molar-refractivity contribution in [1.82, 2.24) is 15.3 Å². The number of amides is 1. The molecule has 0 fully saturated rings. The molecule has 114 valence electrons. The van der Waals surface area contributed by atoms with Crippen molar-refractivity contribution >= 4 is 17.5 Å². The highest BCUT2D eigenvalue weighted by Gasteiger charge is 2.07. The molecule has 6 nitrogen and oxygen atoms in total. The second-order valence-electron chi connectivity index (χ2n) is 4.35. The highest BCUT2D eigenvalue weighted by molar-refractivity contribution is 5.92. The summed E-state index contributed by atoms with van der Waals surface area (Å²) < 4.78 is 5.38. The van der Waals surface area contributed by atoms with Gasteiger partial charge in [-0.2, -0.15) is 0 Å². The fourth-order valence-corrected chi connectivity index (χ4v) is 1.73. The van der Waals surface area contributed by atoms with E-state index < -0.39 is 0 Å². The Hall–Kier alpha value is -2.89. The van der Waals surface area contributed by atoms with Gasteiger partial charge < -0.3 is 15.4 Å². The van der Waals surface area contributed by atoms with Gasteiger partial charge in [-0.3, -0.25) is 4.79 Å². The first-order valence-corrected chi connectivity index (χ1v) is 6.95. The number of hydrogen-bond acceptors (Lipinski definition) is 5. The molecule has 0 saturated heterocycles. The van der Waals surface area contributed by atoms with E-state index in [9.17, 15) is 4.79 Å². The minimum atomic E-state index is -0.267. The third kappa shape index (κ3) is 4.31. The maximum absolute atomic E-state index is 11.8. The number of aromatic nitrogens is 2. The number of hydrogen-bond donors (Lipinski definition) is 2. The Bertz CT molecular complexity index is 641. The molecule has 0 aliphatic rings. The van der Waals surface area contributed by atoms with Crippen molar-refractivity contribution in [3.8, 4) is 5.75 Å².